The Morgan fingerprint density at radius 3 is 1.41 bits per heavy atom. The third-order valence-corrected chi connectivity index (χ3v) is 14.2. The maximum absolute atomic E-state index is 14.0. The zero-order valence-corrected chi connectivity index (χ0v) is 35.1. The molecule has 8 unspecified atom stereocenters. The van der Waals surface area contributed by atoms with E-state index in [2.05, 4.69) is 100 Å². The number of rotatable bonds is 14. The molecule has 0 aromatic heterocycles. The number of ketones is 1. The molecule has 298 valence electrons. The maximum Gasteiger partial charge on any atom is 0.252 e. The summed E-state index contributed by atoms with van der Waals surface area (Å²) in [4.78, 5) is 58.1. The average Bonchev–Trinajstić information content (AvgIpc) is 3.17. The van der Waals surface area contributed by atoms with E-state index in [-0.39, 0.29) is 69.6 Å². The molecule has 2 aliphatic heterocycles. The molecule has 54 heavy (non-hydrogen) atoms. The van der Waals surface area contributed by atoms with Gasteiger partial charge in [0.05, 0.1) is 6.67 Å². The minimum atomic E-state index is -0.351. The highest BCUT2D eigenvalue weighted by atomic mass is 16.2. The summed E-state index contributed by atoms with van der Waals surface area (Å²) in [6.07, 6.45) is 5.08. The lowest BCUT2D eigenvalue weighted by molar-refractivity contribution is -0.0985. The minimum absolute atomic E-state index is 0.0158. The Labute approximate surface area is 325 Å². The van der Waals surface area contributed by atoms with E-state index in [4.69, 9.17) is 0 Å². The van der Waals surface area contributed by atoms with Crippen LogP contribution in [0.15, 0.2) is 48.5 Å². The van der Waals surface area contributed by atoms with E-state index in [0.717, 1.165) is 38.8 Å². The van der Waals surface area contributed by atoms with Gasteiger partial charge >= 0.3 is 0 Å². The molecule has 4 N–H and O–H groups in total. The molecule has 3 amide bonds. The molecule has 0 spiro atoms. The predicted octanol–water partition coefficient (Wildman–Crippen LogP) is 7.01. The highest BCUT2D eigenvalue weighted by molar-refractivity contribution is 6.00. The molecule has 2 fully saturated rings. The first kappa shape index (κ1) is 43.1. The first-order chi connectivity index (χ1) is 25.4. The van der Waals surface area contributed by atoms with Crippen LogP contribution in [-0.2, 0) is 0 Å². The van der Waals surface area contributed by atoms with Gasteiger partial charge in [0.2, 0.25) is 0 Å². The van der Waals surface area contributed by atoms with E-state index in [9.17, 15) is 19.2 Å². The third-order valence-electron chi connectivity index (χ3n) is 14.2. The van der Waals surface area contributed by atoms with Gasteiger partial charge in [0.25, 0.3) is 17.7 Å². The average molecular weight is 745 g/mol. The molecular formula is C44H68N6O4. The molecule has 0 saturated carbocycles. The number of hydrogen-bond donors (Lipinski definition) is 4. The van der Waals surface area contributed by atoms with Gasteiger partial charge in [-0.3, -0.25) is 29.0 Å². The number of piperidine rings is 2. The Bertz CT molecular complexity index is 1680. The topological polar surface area (TPSA) is 123 Å². The van der Waals surface area contributed by atoms with Crippen molar-refractivity contribution < 1.29 is 19.2 Å². The molecule has 8 atom stereocenters. The van der Waals surface area contributed by atoms with Crippen molar-refractivity contribution in [1.82, 2.24) is 31.1 Å². The van der Waals surface area contributed by atoms with Gasteiger partial charge in [-0.2, -0.15) is 0 Å². The maximum atomic E-state index is 14.0. The summed E-state index contributed by atoms with van der Waals surface area (Å²) in [6.45, 7) is 24.8. The lowest BCUT2D eigenvalue weighted by Gasteiger charge is -2.61. The second kappa shape index (κ2) is 17.0. The van der Waals surface area contributed by atoms with Gasteiger partial charge in [-0.25, -0.2) is 0 Å². The van der Waals surface area contributed by atoms with E-state index >= 15 is 0 Å². The molecule has 4 rings (SSSR count). The van der Waals surface area contributed by atoms with Crippen LogP contribution >= 0.6 is 0 Å². The summed E-state index contributed by atoms with van der Waals surface area (Å²) in [5.41, 5.74) is 1.03. The number of amides is 3. The van der Waals surface area contributed by atoms with Crippen LogP contribution in [0.4, 0.5) is 0 Å². The van der Waals surface area contributed by atoms with Crippen LogP contribution in [0.3, 0.4) is 0 Å². The molecule has 2 aromatic carbocycles. The lowest BCUT2D eigenvalue weighted by Crippen LogP contribution is -2.71. The fourth-order valence-electron chi connectivity index (χ4n) is 9.50. The van der Waals surface area contributed by atoms with Crippen LogP contribution in [0.1, 0.15) is 156 Å². The third kappa shape index (κ3) is 8.31. The second-order valence-corrected chi connectivity index (χ2v) is 17.0. The fraction of sp³-hybridized carbons (Fsp3) is 0.636. The number of carbonyl (C=O) groups excluding carboxylic acids is 4. The van der Waals surface area contributed by atoms with Crippen molar-refractivity contribution in [3.63, 3.8) is 0 Å². The van der Waals surface area contributed by atoms with Crippen LogP contribution in [0, 0.1) is 11.8 Å². The highest BCUT2D eigenvalue weighted by Crippen LogP contribution is 2.46. The van der Waals surface area contributed by atoms with Crippen molar-refractivity contribution in [2.24, 2.45) is 11.8 Å². The van der Waals surface area contributed by atoms with E-state index in [1.165, 1.54) is 6.92 Å². The monoisotopic (exact) mass is 745 g/mol. The van der Waals surface area contributed by atoms with E-state index in [1.54, 1.807) is 48.5 Å². The number of hydrogen-bond acceptors (Lipinski definition) is 7. The Hall–Kier alpha value is -3.60. The number of nitrogens with zero attached hydrogens (tertiary/aromatic N) is 2. The highest BCUT2D eigenvalue weighted by Gasteiger charge is 2.54. The summed E-state index contributed by atoms with van der Waals surface area (Å²) in [6, 6.07) is 13.7. The summed E-state index contributed by atoms with van der Waals surface area (Å²) < 4.78 is 0. The van der Waals surface area contributed by atoms with E-state index in [0.29, 0.717) is 35.3 Å². The quantitative estimate of drug-likeness (QED) is 0.154. The van der Waals surface area contributed by atoms with Gasteiger partial charge < -0.3 is 21.3 Å². The number of nitrogens with one attached hydrogen (secondary N) is 4. The smallest absolute Gasteiger partial charge is 0.252 e. The van der Waals surface area contributed by atoms with Crippen molar-refractivity contribution in [1.29, 1.82) is 0 Å². The Morgan fingerprint density at radius 2 is 1.02 bits per heavy atom. The first-order valence-electron chi connectivity index (χ1n) is 20.2. The van der Waals surface area contributed by atoms with Gasteiger partial charge in [0.1, 0.15) is 0 Å². The molecule has 10 heteroatoms. The van der Waals surface area contributed by atoms with Gasteiger partial charge in [0, 0.05) is 63.2 Å². The molecule has 0 aliphatic carbocycles. The summed E-state index contributed by atoms with van der Waals surface area (Å²) in [5.74, 6) is -0.406. The summed E-state index contributed by atoms with van der Waals surface area (Å²) in [5, 5.41) is 13.3. The number of Topliss-reactive ketones (excluding diaryl/α,β-unsaturated/α-hetero) is 1. The fourth-order valence-corrected chi connectivity index (χ4v) is 9.50. The summed E-state index contributed by atoms with van der Waals surface area (Å²) in [7, 11) is 1.99. The SMILES string of the molecule is CCC1(C)CC(NC(=O)c2cccc(C(=O)NC3CC(C)(CC)N(CNC(=O)c4cccc(C(C)=O)c4)C(C)(CC)C3C)c2)C(C)C(C)(CC)N1CNC. The normalized spacial score (nSPS) is 31.8. The zero-order valence-electron chi connectivity index (χ0n) is 35.1. The van der Waals surface area contributed by atoms with Crippen LogP contribution in [0.2, 0.25) is 0 Å². The molecule has 2 aliphatic rings. The first-order valence-corrected chi connectivity index (χ1v) is 20.2. The molecule has 10 nitrogen and oxygen atoms in total. The largest absolute Gasteiger partial charge is 0.349 e. The standard InChI is InChI=1S/C44H68N6O4/c1-13-41(8)25-36(29(5)43(10,15-3)49(41)27-45-12)47-39(53)34-21-18-22-35(24-34)40(54)48-37-26-42(9,14-2)50(44(11,16-4)30(37)6)28-46-38(52)33-20-17-19-32(23-33)31(7)51/h17-24,29-30,36-37,45H,13-16,25-28H2,1-12H3,(H,46,52)(H,47,53)(H,48,54). The molecular weight excluding hydrogens is 677 g/mol. The van der Waals surface area contributed by atoms with Crippen LogP contribution in [0.5, 0.6) is 0 Å². The molecule has 2 saturated heterocycles. The van der Waals surface area contributed by atoms with Crippen LogP contribution in [0.25, 0.3) is 0 Å². The van der Waals surface area contributed by atoms with Crippen molar-refractivity contribution >= 4 is 23.5 Å². The van der Waals surface area contributed by atoms with Crippen molar-refractivity contribution in [2.45, 2.75) is 149 Å². The summed E-state index contributed by atoms with van der Waals surface area (Å²) >= 11 is 0. The molecule has 0 bridgehead atoms. The Morgan fingerprint density at radius 1 is 0.630 bits per heavy atom. The van der Waals surface area contributed by atoms with Gasteiger partial charge in [-0.15, -0.1) is 0 Å². The zero-order chi connectivity index (χ0) is 40.2. The Balaban J connectivity index is 1.50. The van der Waals surface area contributed by atoms with Gasteiger partial charge in [-0.1, -0.05) is 59.7 Å². The van der Waals surface area contributed by atoms with Crippen molar-refractivity contribution in [2.75, 3.05) is 20.4 Å². The van der Waals surface area contributed by atoms with Crippen molar-refractivity contribution in [3.05, 3.63) is 70.8 Å². The number of likely N-dealkylation sites (tertiary alicyclic amines) is 2. The van der Waals surface area contributed by atoms with Gasteiger partial charge in [-0.05, 0) is 122 Å². The van der Waals surface area contributed by atoms with E-state index in [1.807, 2.05) is 7.05 Å². The van der Waals surface area contributed by atoms with Crippen molar-refractivity contribution in [3.8, 4) is 0 Å². The molecule has 2 aromatic rings. The number of carbonyl (C=O) groups is 4. The minimum Gasteiger partial charge on any atom is -0.349 e. The lowest BCUT2D eigenvalue weighted by atomic mass is 9.67. The second-order valence-electron chi connectivity index (χ2n) is 17.0. The van der Waals surface area contributed by atoms with Gasteiger partial charge in [0.15, 0.2) is 5.78 Å². The predicted molar refractivity (Wildman–Crippen MR) is 218 cm³/mol. The number of benzene rings is 2. The Kier molecular flexibility index (Phi) is 13.6. The van der Waals surface area contributed by atoms with E-state index < -0.39 is 0 Å². The van der Waals surface area contributed by atoms with Crippen LogP contribution < -0.4 is 21.3 Å². The molecule has 2 heterocycles. The molecule has 0 radical (unpaired) electrons. The van der Waals surface area contributed by atoms with Crippen LogP contribution in [-0.4, -0.2) is 87.9 Å².